The second-order valence-electron chi connectivity index (χ2n) is 6.51. The molecule has 1 saturated heterocycles. The summed E-state index contributed by atoms with van der Waals surface area (Å²) in [5.74, 6) is -0.695. The third-order valence-corrected chi connectivity index (χ3v) is 5.06. The van der Waals surface area contributed by atoms with Gasteiger partial charge in [0, 0.05) is 31.3 Å². The zero-order valence-corrected chi connectivity index (χ0v) is 16.8. The van der Waals surface area contributed by atoms with Crippen molar-refractivity contribution < 1.29 is 14.4 Å². The number of carbonyl (C=O) groups excluding carboxylic acids is 3. The fraction of sp³-hybridized carbons (Fsp3) is 0.250. The molecule has 0 aliphatic carbocycles. The van der Waals surface area contributed by atoms with E-state index >= 15 is 0 Å². The normalized spacial score (nSPS) is 13.5. The second kappa shape index (κ2) is 8.63. The van der Waals surface area contributed by atoms with E-state index in [1.807, 2.05) is 0 Å². The van der Waals surface area contributed by atoms with E-state index in [9.17, 15) is 14.4 Å². The fourth-order valence-corrected chi connectivity index (χ4v) is 3.52. The highest BCUT2D eigenvalue weighted by Gasteiger charge is 2.23. The summed E-state index contributed by atoms with van der Waals surface area (Å²) < 4.78 is 0. The molecule has 2 aromatic carbocycles. The minimum absolute atomic E-state index is 0.0500. The van der Waals surface area contributed by atoms with Crippen molar-refractivity contribution in [1.82, 2.24) is 4.90 Å². The number of likely N-dealkylation sites (N-methyl/N-ethyl adjacent to an activating group) is 1. The fourth-order valence-electron chi connectivity index (χ4n) is 3.03. The van der Waals surface area contributed by atoms with Crippen LogP contribution in [0.1, 0.15) is 23.2 Å². The first-order valence-electron chi connectivity index (χ1n) is 8.76. The zero-order valence-electron chi connectivity index (χ0n) is 15.2. The van der Waals surface area contributed by atoms with Crippen LogP contribution in [-0.2, 0) is 9.59 Å². The average molecular weight is 420 g/mol. The van der Waals surface area contributed by atoms with Crippen LogP contribution in [-0.4, -0.2) is 42.8 Å². The molecule has 28 heavy (non-hydrogen) atoms. The molecule has 0 radical (unpaired) electrons. The predicted molar refractivity (Wildman–Crippen MR) is 110 cm³/mol. The highest BCUT2D eigenvalue weighted by Crippen LogP contribution is 2.29. The van der Waals surface area contributed by atoms with Crippen LogP contribution in [0.4, 0.5) is 11.4 Å². The first-order chi connectivity index (χ1) is 13.4. The number of rotatable bonds is 5. The van der Waals surface area contributed by atoms with Gasteiger partial charge < -0.3 is 15.1 Å². The van der Waals surface area contributed by atoms with E-state index < -0.39 is 5.91 Å². The Morgan fingerprint density at radius 3 is 2.46 bits per heavy atom. The maximum Gasteiger partial charge on any atom is 0.254 e. The lowest BCUT2D eigenvalue weighted by atomic mass is 10.1. The molecule has 146 valence electrons. The molecule has 1 N–H and O–H groups in total. The third kappa shape index (κ3) is 4.46. The highest BCUT2D eigenvalue weighted by atomic mass is 35.5. The van der Waals surface area contributed by atoms with Crippen molar-refractivity contribution in [3.05, 3.63) is 58.1 Å². The van der Waals surface area contributed by atoms with Gasteiger partial charge in [-0.2, -0.15) is 0 Å². The second-order valence-corrected chi connectivity index (χ2v) is 7.32. The molecular formula is C20H19Cl2N3O3. The summed E-state index contributed by atoms with van der Waals surface area (Å²) in [6, 6.07) is 11.8. The van der Waals surface area contributed by atoms with E-state index in [2.05, 4.69) is 5.32 Å². The van der Waals surface area contributed by atoms with E-state index in [0.29, 0.717) is 39.9 Å². The van der Waals surface area contributed by atoms with Gasteiger partial charge in [0.2, 0.25) is 11.8 Å². The minimum atomic E-state index is -0.420. The molecule has 1 aliphatic rings. The van der Waals surface area contributed by atoms with Crippen molar-refractivity contribution in [2.24, 2.45) is 0 Å². The Bertz CT molecular complexity index is 912. The van der Waals surface area contributed by atoms with Crippen LogP contribution in [0.5, 0.6) is 0 Å². The Balaban J connectivity index is 1.67. The zero-order chi connectivity index (χ0) is 20.3. The molecule has 2 aromatic rings. The topological polar surface area (TPSA) is 69.7 Å². The van der Waals surface area contributed by atoms with Crippen LogP contribution in [0, 0.1) is 0 Å². The lowest BCUT2D eigenvalue weighted by molar-refractivity contribution is -0.117. The van der Waals surface area contributed by atoms with E-state index in [1.165, 1.54) is 11.9 Å². The summed E-state index contributed by atoms with van der Waals surface area (Å²) in [5.41, 5.74) is 1.41. The van der Waals surface area contributed by atoms with Crippen molar-refractivity contribution in [1.29, 1.82) is 0 Å². The first-order valence-corrected chi connectivity index (χ1v) is 9.52. The summed E-state index contributed by atoms with van der Waals surface area (Å²) in [6.07, 6.45) is 1.32. The van der Waals surface area contributed by atoms with Gasteiger partial charge in [-0.3, -0.25) is 14.4 Å². The SMILES string of the molecule is CN(CC(=O)Nc1c(Cl)cccc1Cl)C(=O)c1cccc(N2CCCC2=O)c1. The molecule has 1 aliphatic heterocycles. The standard InChI is InChI=1S/C20H19Cl2N3O3/c1-24(12-17(26)23-19-15(21)7-3-8-16(19)22)20(28)13-5-2-6-14(11-13)25-10-4-9-18(25)27/h2-3,5-8,11H,4,9-10,12H2,1H3,(H,23,26). The average Bonchev–Trinajstić information content (AvgIpc) is 3.10. The number of amides is 3. The number of para-hydroxylation sites is 1. The van der Waals surface area contributed by atoms with Gasteiger partial charge in [0.15, 0.2) is 0 Å². The van der Waals surface area contributed by atoms with Gasteiger partial charge in [-0.1, -0.05) is 35.3 Å². The van der Waals surface area contributed by atoms with Gasteiger partial charge in [-0.05, 0) is 36.8 Å². The molecule has 3 rings (SSSR count). The monoisotopic (exact) mass is 419 g/mol. The molecular weight excluding hydrogens is 401 g/mol. The molecule has 6 nitrogen and oxygen atoms in total. The van der Waals surface area contributed by atoms with Crippen LogP contribution >= 0.6 is 23.2 Å². The van der Waals surface area contributed by atoms with Crippen LogP contribution in [0.2, 0.25) is 10.0 Å². The summed E-state index contributed by atoms with van der Waals surface area (Å²) in [4.78, 5) is 39.9. The number of nitrogens with zero attached hydrogens (tertiary/aromatic N) is 2. The Kier molecular flexibility index (Phi) is 6.21. The van der Waals surface area contributed by atoms with Gasteiger partial charge in [-0.25, -0.2) is 0 Å². The molecule has 1 heterocycles. The number of benzene rings is 2. The lowest BCUT2D eigenvalue weighted by Gasteiger charge is -2.20. The smallest absolute Gasteiger partial charge is 0.254 e. The van der Waals surface area contributed by atoms with Crippen LogP contribution in [0.15, 0.2) is 42.5 Å². The first kappa shape index (κ1) is 20.2. The summed E-state index contributed by atoms with van der Waals surface area (Å²) >= 11 is 12.1. The molecule has 0 unspecified atom stereocenters. The molecule has 0 atom stereocenters. The summed E-state index contributed by atoms with van der Waals surface area (Å²) in [5, 5.41) is 3.26. The Morgan fingerprint density at radius 1 is 1.14 bits per heavy atom. The van der Waals surface area contributed by atoms with Gasteiger partial charge in [-0.15, -0.1) is 0 Å². The van der Waals surface area contributed by atoms with E-state index in [1.54, 1.807) is 47.4 Å². The van der Waals surface area contributed by atoms with Crippen molar-refractivity contribution >= 4 is 52.3 Å². The number of anilines is 2. The van der Waals surface area contributed by atoms with Crippen molar-refractivity contribution in [2.75, 3.05) is 30.4 Å². The minimum Gasteiger partial charge on any atom is -0.332 e. The number of nitrogens with one attached hydrogen (secondary N) is 1. The van der Waals surface area contributed by atoms with Gasteiger partial charge in [0.25, 0.3) is 5.91 Å². The maximum atomic E-state index is 12.7. The third-order valence-electron chi connectivity index (χ3n) is 4.43. The van der Waals surface area contributed by atoms with Gasteiger partial charge in [0.1, 0.15) is 0 Å². The molecule has 0 saturated carbocycles. The highest BCUT2D eigenvalue weighted by molar-refractivity contribution is 6.39. The van der Waals surface area contributed by atoms with Crippen LogP contribution in [0.3, 0.4) is 0 Å². The molecule has 0 spiro atoms. The van der Waals surface area contributed by atoms with Gasteiger partial charge >= 0.3 is 0 Å². The van der Waals surface area contributed by atoms with E-state index in [4.69, 9.17) is 23.2 Å². The van der Waals surface area contributed by atoms with E-state index in [0.717, 1.165) is 6.42 Å². The quantitative estimate of drug-likeness (QED) is 0.800. The molecule has 3 amide bonds. The number of halogens is 2. The number of hydrogen-bond acceptors (Lipinski definition) is 3. The Morgan fingerprint density at radius 2 is 1.82 bits per heavy atom. The Hall–Kier alpha value is -2.57. The molecule has 8 heteroatoms. The molecule has 0 bridgehead atoms. The number of carbonyl (C=O) groups is 3. The van der Waals surface area contributed by atoms with Crippen molar-refractivity contribution in [2.45, 2.75) is 12.8 Å². The van der Waals surface area contributed by atoms with Crippen LogP contribution < -0.4 is 10.2 Å². The number of hydrogen-bond donors (Lipinski definition) is 1. The largest absolute Gasteiger partial charge is 0.332 e. The van der Waals surface area contributed by atoms with Crippen molar-refractivity contribution in [3.8, 4) is 0 Å². The predicted octanol–water partition coefficient (Wildman–Crippen LogP) is 3.83. The van der Waals surface area contributed by atoms with E-state index in [-0.39, 0.29) is 18.4 Å². The maximum absolute atomic E-state index is 12.7. The van der Waals surface area contributed by atoms with Crippen molar-refractivity contribution in [3.63, 3.8) is 0 Å². The summed E-state index contributed by atoms with van der Waals surface area (Å²) in [6.45, 7) is 0.473. The summed E-state index contributed by atoms with van der Waals surface area (Å²) in [7, 11) is 1.53. The van der Waals surface area contributed by atoms with Gasteiger partial charge in [0.05, 0.1) is 22.3 Å². The molecule has 0 aromatic heterocycles. The lowest BCUT2D eigenvalue weighted by Crippen LogP contribution is -2.35. The Labute approximate surface area is 173 Å². The molecule has 1 fully saturated rings. The van der Waals surface area contributed by atoms with Crippen LogP contribution in [0.25, 0.3) is 0 Å².